The molecule has 6 saturated carbocycles. The molecule has 6 aliphatic carbocycles. The summed E-state index contributed by atoms with van der Waals surface area (Å²) in [6, 6.07) is 0. The van der Waals surface area contributed by atoms with Crippen LogP contribution < -0.4 is 0 Å². The van der Waals surface area contributed by atoms with Gasteiger partial charge in [0.05, 0.1) is 6.61 Å². The second-order valence-corrected chi connectivity index (χ2v) is 10.5. The van der Waals surface area contributed by atoms with Crippen LogP contribution in [-0.4, -0.2) is 26.6 Å². The van der Waals surface area contributed by atoms with Crippen LogP contribution in [0.2, 0.25) is 0 Å². The summed E-state index contributed by atoms with van der Waals surface area (Å²) in [5.74, 6) is 3.38. The van der Waals surface area contributed by atoms with Crippen LogP contribution in [0.25, 0.3) is 0 Å². The zero-order chi connectivity index (χ0) is 15.6. The number of alkyl halides is 5. The van der Waals surface area contributed by atoms with Gasteiger partial charge in [0, 0.05) is 7.85 Å². The van der Waals surface area contributed by atoms with Gasteiger partial charge in [-0.15, -0.1) is 0 Å². The van der Waals surface area contributed by atoms with Crippen LogP contribution in [-0.2, 0) is 9.53 Å². The zero-order valence-electron chi connectivity index (χ0n) is 11.5. The minimum Gasteiger partial charge on any atom is -0.459 e. The predicted molar refractivity (Wildman–Crippen MR) is 88.7 cm³/mol. The first-order valence-corrected chi connectivity index (χ1v) is 10.3. The van der Waals surface area contributed by atoms with Gasteiger partial charge in [-0.3, -0.25) is 0 Å². The molecule has 122 valence electrons. The molecule has 0 amide bonds. The maximum absolute atomic E-state index is 12.3. The Hall–Kier alpha value is 0.720. The zero-order valence-corrected chi connectivity index (χ0v) is 15.8. The highest BCUT2D eigenvalue weighted by atomic mass is 127. The summed E-state index contributed by atoms with van der Waals surface area (Å²) in [5, 5.41) is 0. The number of hydrogen-bond donors (Lipinski definition) is 0. The predicted octanol–water partition coefficient (Wildman–Crippen LogP) is 3.85. The molecular formula is C15H15F3I2O2. The Morgan fingerprint density at radius 3 is 2.55 bits per heavy atom. The minimum atomic E-state index is -4.87. The van der Waals surface area contributed by atoms with Gasteiger partial charge in [0.25, 0.3) is 0 Å². The van der Waals surface area contributed by atoms with Crippen molar-refractivity contribution in [1.82, 2.24) is 0 Å². The van der Waals surface area contributed by atoms with Crippen molar-refractivity contribution in [3.8, 4) is 0 Å². The first-order chi connectivity index (χ1) is 10.3. The second kappa shape index (κ2) is 4.27. The van der Waals surface area contributed by atoms with Gasteiger partial charge in [0.1, 0.15) is 0 Å². The lowest BCUT2D eigenvalue weighted by molar-refractivity contribution is -0.200. The van der Waals surface area contributed by atoms with Crippen LogP contribution in [0.1, 0.15) is 12.8 Å². The second-order valence-electron chi connectivity index (χ2n) is 7.69. The average Bonchev–Trinajstić information content (AvgIpc) is 3.14. The van der Waals surface area contributed by atoms with Crippen molar-refractivity contribution in [2.45, 2.75) is 26.9 Å². The molecule has 0 unspecified atom stereocenters. The fourth-order valence-corrected chi connectivity index (χ4v) is 11.9. The maximum atomic E-state index is 12.3. The summed E-state index contributed by atoms with van der Waals surface area (Å²) in [6.07, 6.45) is -2.89. The molecule has 0 heterocycles. The standard InChI is InChI=1S/C15H15F3I2O2/c16-15(17,18)13(21)22-2-1-14-9-5-3-4-6(7(5)12(14)20)10(14)11(19)8(4)9/h4-12H,1-3H2/t4-,5+,6-,7-,8+,9+,10-,11+,12+,14-/m0/s1. The Bertz CT molecular complexity index is 563. The lowest BCUT2D eigenvalue weighted by Gasteiger charge is -2.42. The molecule has 0 aromatic rings. The molecule has 0 radical (unpaired) electrons. The van der Waals surface area contributed by atoms with E-state index in [0.29, 0.717) is 26.1 Å². The molecule has 10 atom stereocenters. The average molecular weight is 538 g/mol. The third kappa shape index (κ3) is 1.41. The van der Waals surface area contributed by atoms with Crippen LogP contribution >= 0.6 is 45.2 Å². The van der Waals surface area contributed by atoms with Gasteiger partial charge in [-0.05, 0) is 59.7 Å². The van der Waals surface area contributed by atoms with Crippen molar-refractivity contribution in [3.05, 3.63) is 0 Å². The highest BCUT2D eigenvalue weighted by Gasteiger charge is 2.87. The molecule has 0 saturated heterocycles. The molecule has 6 rings (SSSR count). The van der Waals surface area contributed by atoms with Gasteiger partial charge in [-0.2, -0.15) is 13.2 Å². The molecule has 0 aromatic heterocycles. The molecule has 7 heteroatoms. The van der Waals surface area contributed by atoms with E-state index in [0.717, 1.165) is 29.6 Å². The summed E-state index contributed by atoms with van der Waals surface area (Å²) in [7, 11) is 0. The normalized spacial score (nSPS) is 59.2. The van der Waals surface area contributed by atoms with Crippen molar-refractivity contribution >= 4 is 51.2 Å². The minimum absolute atomic E-state index is 0.0717. The van der Waals surface area contributed by atoms with E-state index in [2.05, 4.69) is 49.9 Å². The van der Waals surface area contributed by atoms with Gasteiger partial charge in [0.2, 0.25) is 0 Å². The monoisotopic (exact) mass is 538 g/mol. The van der Waals surface area contributed by atoms with E-state index >= 15 is 0 Å². The smallest absolute Gasteiger partial charge is 0.459 e. The summed E-state index contributed by atoms with van der Waals surface area (Å²) in [4.78, 5) is 11.0. The van der Waals surface area contributed by atoms with Gasteiger partial charge >= 0.3 is 12.1 Å². The number of hydrogen-bond acceptors (Lipinski definition) is 2. The Morgan fingerprint density at radius 1 is 1.14 bits per heavy atom. The van der Waals surface area contributed by atoms with Crippen LogP contribution in [0, 0.1) is 46.8 Å². The third-order valence-corrected chi connectivity index (χ3v) is 11.2. The molecule has 0 aromatic carbocycles. The number of rotatable bonds is 3. The molecule has 6 fully saturated rings. The van der Waals surface area contributed by atoms with Crippen LogP contribution in [0.15, 0.2) is 0 Å². The van der Waals surface area contributed by atoms with E-state index in [1.165, 1.54) is 6.42 Å². The van der Waals surface area contributed by atoms with Crippen LogP contribution in [0.5, 0.6) is 0 Å². The van der Waals surface area contributed by atoms with Crippen molar-refractivity contribution in [2.24, 2.45) is 46.8 Å². The van der Waals surface area contributed by atoms with Crippen molar-refractivity contribution < 1.29 is 22.7 Å². The lowest BCUT2D eigenvalue weighted by Crippen LogP contribution is -2.41. The molecule has 0 aliphatic heterocycles. The fraction of sp³-hybridized carbons (Fsp3) is 0.933. The number of carbonyl (C=O) groups excluding carboxylic acids is 1. The maximum Gasteiger partial charge on any atom is 0.490 e. The number of ether oxygens (including phenoxy) is 1. The Morgan fingerprint density at radius 2 is 1.86 bits per heavy atom. The van der Waals surface area contributed by atoms with Gasteiger partial charge in [-0.25, -0.2) is 4.79 Å². The van der Waals surface area contributed by atoms with Crippen molar-refractivity contribution in [1.29, 1.82) is 0 Å². The van der Waals surface area contributed by atoms with E-state index in [4.69, 9.17) is 0 Å². The summed E-state index contributed by atoms with van der Waals surface area (Å²) >= 11 is 5.18. The molecule has 6 aliphatic rings. The molecular weight excluding hydrogens is 523 g/mol. The van der Waals surface area contributed by atoms with Gasteiger partial charge < -0.3 is 4.74 Å². The van der Waals surface area contributed by atoms with Crippen molar-refractivity contribution in [3.63, 3.8) is 0 Å². The third-order valence-electron chi connectivity index (χ3n) is 7.57. The largest absolute Gasteiger partial charge is 0.490 e. The highest BCUT2D eigenvalue weighted by molar-refractivity contribution is 14.1. The molecule has 0 spiro atoms. The summed E-state index contributed by atoms with van der Waals surface area (Å²) < 4.78 is 42.7. The van der Waals surface area contributed by atoms with E-state index in [1.807, 2.05) is 0 Å². The topological polar surface area (TPSA) is 26.3 Å². The lowest BCUT2D eigenvalue weighted by atomic mass is 9.62. The fourth-order valence-electron chi connectivity index (χ4n) is 7.59. The number of esters is 1. The SMILES string of the molecule is O=C(OCC[C@]12[C@@H]3[C@H](I)[C@@H]4[C@H]5C[C@H]([C@@H]([C@H]53)[C@H]1I)[C@H]42)C(F)(F)F. The first-order valence-electron chi connectivity index (χ1n) is 7.82. The Balaban J connectivity index is 1.39. The van der Waals surface area contributed by atoms with Gasteiger partial charge in [-0.1, -0.05) is 45.2 Å². The van der Waals surface area contributed by atoms with E-state index in [1.54, 1.807) is 0 Å². The van der Waals surface area contributed by atoms with Gasteiger partial charge in [0.15, 0.2) is 0 Å². The number of halogens is 5. The summed E-state index contributed by atoms with van der Waals surface area (Å²) in [5.41, 5.74) is 0.149. The quantitative estimate of drug-likeness (QED) is 0.311. The van der Waals surface area contributed by atoms with Crippen LogP contribution in [0.3, 0.4) is 0 Å². The van der Waals surface area contributed by atoms with E-state index < -0.39 is 12.1 Å². The first kappa shape index (κ1) is 15.0. The van der Waals surface area contributed by atoms with E-state index in [-0.39, 0.29) is 12.0 Å². The Kier molecular flexibility index (Phi) is 2.92. The summed E-state index contributed by atoms with van der Waals surface area (Å²) in [6.45, 7) is -0.0717. The molecule has 0 N–H and O–H groups in total. The molecule has 6 bridgehead atoms. The van der Waals surface area contributed by atoms with Crippen molar-refractivity contribution in [2.75, 3.05) is 6.61 Å². The number of carbonyl (C=O) groups is 1. The Labute approximate surface area is 153 Å². The molecule has 22 heavy (non-hydrogen) atoms. The van der Waals surface area contributed by atoms with E-state index in [9.17, 15) is 18.0 Å². The highest BCUT2D eigenvalue weighted by Crippen LogP contribution is 2.89. The molecule has 2 nitrogen and oxygen atoms in total. The van der Waals surface area contributed by atoms with Crippen LogP contribution in [0.4, 0.5) is 13.2 Å².